The third-order valence-corrected chi connectivity index (χ3v) is 5.12. The van der Waals surface area contributed by atoms with Gasteiger partial charge in [-0.2, -0.15) is 0 Å². The Morgan fingerprint density at radius 1 is 1.28 bits per heavy atom. The summed E-state index contributed by atoms with van der Waals surface area (Å²) in [5.41, 5.74) is 0.506. The number of ether oxygens (including phenoxy) is 1. The highest BCUT2D eigenvalue weighted by Gasteiger charge is 2.32. The van der Waals surface area contributed by atoms with Gasteiger partial charge in [0.1, 0.15) is 5.82 Å². The van der Waals surface area contributed by atoms with E-state index in [9.17, 15) is 19.2 Å². The molecule has 9 nitrogen and oxygen atoms in total. The van der Waals surface area contributed by atoms with Crippen LogP contribution in [0.3, 0.4) is 0 Å². The maximum Gasteiger partial charge on any atom is 0.324 e. The van der Waals surface area contributed by atoms with Crippen LogP contribution in [0, 0.1) is 0 Å². The number of hydrogen-bond donors (Lipinski definition) is 1. The van der Waals surface area contributed by atoms with E-state index in [-0.39, 0.29) is 31.0 Å². The molecule has 152 valence electrons. The van der Waals surface area contributed by atoms with E-state index in [4.69, 9.17) is 4.74 Å². The third-order valence-electron chi connectivity index (χ3n) is 5.12. The number of benzene rings is 1. The molecule has 2 aliphatic rings. The van der Waals surface area contributed by atoms with Crippen LogP contribution in [0.25, 0.3) is 10.9 Å². The van der Waals surface area contributed by atoms with Crippen molar-refractivity contribution in [2.24, 2.45) is 0 Å². The SMILES string of the molecule is CC(OC(=O)CCc1nc2ccccc2c(=O)n1C1CC1)C(=O)N1CCNC1=O. The molecule has 1 aromatic carbocycles. The van der Waals surface area contributed by atoms with E-state index in [1.165, 1.54) is 6.92 Å². The molecule has 9 heteroatoms. The first-order valence-electron chi connectivity index (χ1n) is 9.74. The number of aryl methyl sites for hydroxylation is 1. The number of esters is 1. The molecule has 0 radical (unpaired) electrons. The summed E-state index contributed by atoms with van der Waals surface area (Å²) in [6, 6.07) is 6.79. The fraction of sp³-hybridized carbons (Fsp3) is 0.450. The summed E-state index contributed by atoms with van der Waals surface area (Å²) >= 11 is 0. The Hall–Kier alpha value is -3.23. The van der Waals surface area contributed by atoms with Gasteiger partial charge in [-0.25, -0.2) is 9.78 Å². The van der Waals surface area contributed by atoms with E-state index < -0.39 is 24.0 Å². The number of imide groups is 1. The van der Waals surface area contributed by atoms with Crippen molar-refractivity contribution in [3.8, 4) is 0 Å². The fourth-order valence-corrected chi connectivity index (χ4v) is 3.50. The van der Waals surface area contributed by atoms with Crippen LogP contribution in [0.4, 0.5) is 4.79 Å². The number of aromatic nitrogens is 2. The highest BCUT2D eigenvalue weighted by atomic mass is 16.5. The summed E-state index contributed by atoms with van der Waals surface area (Å²) in [4.78, 5) is 54.5. The van der Waals surface area contributed by atoms with Gasteiger partial charge >= 0.3 is 12.0 Å². The summed E-state index contributed by atoms with van der Waals surface area (Å²) < 4.78 is 6.88. The van der Waals surface area contributed by atoms with Gasteiger partial charge in [-0.15, -0.1) is 0 Å². The van der Waals surface area contributed by atoms with Crippen LogP contribution < -0.4 is 10.9 Å². The monoisotopic (exact) mass is 398 g/mol. The van der Waals surface area contributed by atoms with E-state index in [2.05, 4.69) is 10.3 Å². The minimum absolute atomic E-state index is 0.0126. The second kappa shape index (κ2) is 7.65. The molecule has 1 N–H and O–H groups in total. The van der Waals surface area contributed by atoms with E-state index in [0.29, 0.717) is 23.3 Å². The Morgan fingerprint density at radius 3 is 2.72 bits per heavy atom. The standard InChI is InChI=1S/C20H22N4O5/c1-12(18(26)23-11-10-21-20(23)28)29-17(25)9-8-16-22-15-5-3-2-4-14(15)19(27)24(16)13-6-7-13/h2-5,12-13H,6-11H2,1H3,(H,21,28). The number of nitrogens with one attached hydrogen (secondary N) is 1. The number of para-hydroxylation sites is 1. The van der Waals surface area contributed by atoms with Gasteiger partial charge in [0.05, 0.1) is 17.3 Å². The summed E-state index contributed by atoms with van der Waals surface area (Å²) in [7, 11) is 0. The Labute approximate surface area is 166 Å². The molecule has 0 spiro atoms. The Balaban J connectivity index is 1.44. The van der Waals surface area contributed by atoms with Crippen molar-refractivity contribution in [2.45, 2.75) is 44.8 Å². The van der Waals surface area contributed by atoms with Crippen molar-refractivity contribution < 1.29 is 19.1 Å². The predicted octanol–water partition coefficient (Wildman–Crippen LogP) is 1.15. The zero-order chi connectivity index (χ0) is 20.5. The van der Waals surface area contributed by atoms with Crippen LogP contribution in [-0.2, 0) is 20.7 Å². The molecule has 1 saturated heterocycles. The van der Waals surface area contributed by atoms with Crippen LogP contribution in [0.15, 0.2) is 29.1 Å². The molecular weight excluding hydrogens is 376 g/mol. The fourth-order valence-electron chi connectivity index (χ4n) is 3.50. The lowest BCUT2D eigenvalue weighted by molar-refractivity contribution is -0.157. The summed E-state index contributed by atoms with van der Waals surface area (Å²) in [5, 5.41) is 3.10. The first-order valence-corrected chi connectivity index (χ1v) is 9.74. The second-order valence-electron chi connectivity index (χ2n) is 7.31. The maximum absolute atomic E-state index is 12.8. The molecule has 1 atom stereocenters. The van der Waals surface area contributed by atoms with Crippen LogP contribution in [0.2, 0.25) is 0 Å². The van der Waals surface area contributed by atoms with Crippen LogP contribution in [0.1, 0.15) is 38.1 Å². The Morgan fingerprint density at radius 2 is 2.03 bits per heavy atom. The van der Waals surface area contributed by atoms with E-state index in [0.717, 1.165) is 17.7 Å². The largest absolute Gasteiger partial charge is 0.453 e. The first kappa shape index (κ1) is 19.1. The number of amides is 3. The molecule has 0 bridgehead atoms. The van der Waals surface area contributed by atoms with Gasteiger partial charge in [0.25, 0.3) is 11.5 Å². The zero-order valence-electron chi connectivity index (χ0n) is 16.1. The van der Waals surface area contributed by atoms with Crippen LogP contribution in [-0.4, -0.2) is 51.6 Å². The summed E-state index contributed by atoms with van der Waals surface area (Å²) in [5.74, 6) is -0.576. The number of carbonyl (C=O) groups is 3. The molecule has 2 aromatic rings. The number of hydrogen-bond acceptors (Lipinski definition) is 6. The van der Waals surface area contributed by atoms with Gasteiger partial charge in [-0.1, -0.05) is 12.1 Å². The average Bonchev–Trinajstić information content (AvgIpc) is 3.45. The molecule has 1 aliphatic carbocycles. The minimum Gasteiger partial charge on any atom is -0.453 e. The zero-order valence-corrected chi connectivity index (χ0v) is 16.1. The molecule has 1 saturated carbocycles. The number of carbonyl (C=O) groups excluding carboxylic acids is 3. The van der Waals surface area contributed by atoms with Crippen molar-refractivity contribution in [3.63, 3.8) is 0 Å². The quantitative estimate of drug-likeness (QED) is 0.731. The molecule has 2 heterocycles. The molecule has 2 fully saturated rings. The second-order valence-corrected chi connectivity index (χ2v) is 7.31. The molecule has 29 heavy (non-hydrogen) atoms. The molecule has 1 unspecified atom stereocenters. The topological polar surface area (TPSA) is 111 Å². The average molecular weight is 398 g/mol. The van der Waals surface area contributed by atoms with E-state index >= 15 is 0 Å². The van der Waals surface area contributed by atoms with Gasteiger partial charge in [0.2, 0.25) is 0 Å². The van der Waals surface area contributed by atoms with Gasteiger partial charge in [0, 0.05) is 25.6 Å². The van der Waals surface area contributed by atoms with Crippen molar-refractivity contribution in [3.05, 3.63) is 40.4 Å². The van der Waals surface area contributed by atoms with Gasteiger partial charge in [-0.05, 0) is 31.9 Å². The van der Waals surface area contributed by atoms with Crippen molar-refractivity contribution in [2.75, 3.05) is 13.1 Å². The van der Waals surface area contributed by atoms with Crippen LogP contribution in [0.5, 0.6) is 0 Å². The molecular formula is C20H22N4O5. The number of urea groups is 1. The molecule has 1 aliphatic heterocycles. The third kappa shape index (κ3) is 3.85. The van der Waals surface area contributed by atoms with Crippen LogP contribution >= 0.6 is 0 Å². The minimum atomic E-state index is -1.05. The highest BCUT2D eigenvalue weighted by Crippen LogP contribution is 2.34. The van der Waals surface area contributed by atoms with Gasteiger partial charge in [0.15, 0.2) is 6.10 Å². The normalized spacial score (nSPS) is 17.3. The molecule has 4 rings (SSSR count). The summed E-state index contributed by atoms with van der Waals surface area (Å²) in [6.45, 7) is 2.09. The maximum atomic E-state index is 12.8. The van der Waals surface area contributed by atoms with E-state index in [1.807, 2.05) is 6.07 Å². The smallest absolute Gasteiger partial charge is 0.324 e. The van der Waals surface area contributed by atoms with Crippen molar-refractivity contribution in [1.82, 2.24) is 19.8 Å². The van der Waals surface area contributed by atoms with Crippen molar-refractivity contribution in [1.29, 1.82) is 0 Å². The Kier molecular flexibility index (Phi) is 5.04. The highest BCUT2D eigenvalue weighted by molar-refractivity contribution is 5.98. The van der Waals surface area contributed by atoms with Gasteiger partial charge in [-0.3, -0.25) is 23.9 Å². The number of fused-ring (bicyclic) bond motifs is 1. The van der Waals surface area contributed by atoms with Crippen molar-refractivity contribution >= 4 is 28.8 Å². The lowest BCUT2D eigenvalue weighted by Gasteiger charge is -2.18. The predicted molar refractivity (Wildman–Crippen MR) is 103 cm³/mol. The lowest BCUT2D eigenvalue weighted by Crippen LogP contribution is -2.41. The Bertz CT molecular complexity index is 1040. The van der Waals surface area contributed by atoms with Gasteiger partial charge < -0.3 is 10.1 Å². The molecule has 1 aromatic heterocycles. The summed E-state index contributed by atoms with van der Waals surface area (Å²) in [6.07, 6.45) is 1.00. The molecule has 3 amide bonds. The lowest BCUT2D eigenvalue weighted by atomic mass is 10.2. The van der Waals surface area contributed by atoms with E-state index in [1.54, 1.807) is 22.8 Å². The first-order chi connectivity index (χ1) is 14.0. The number of nitrogens with zero attached hydrogens (tertiary/aromatic N) is 3. The number of rotatable bonds is 6.